The fraction of sp³-hybridized carbons (Fsp3) is 0.375. The van der Waals surface area contributed by atoms with Gasteiger partial charge in [0.25, 0.3) is 5.91 Å². The van der Waals surface area contributed by atoms with Crippen LogP contribution in [0.25, 0.3) is 0 Å². The Kier molecular flexibility index (Phi) is 6.99. The molecular formula is C16H20Cl2N4O4. The first-order valence-electron chi connectivity index (χ1n) is 7.77. The number of hydrogen-bond donors (Lipinski definition) is 4. The first-order chi connectivity index (χ1) is 12.0. The molecule has 2 heterocycles. The molecule has 142 valence electrons. The fourth-order valence-corrected chi connectivity index (χ4v) is 2.76. The summed E-state index contributed by atoms with van der Waals surface area (Å²) in [6.07, 6.45) is -0.904. The SMILES string of the molecule is Cl.NC[C@H]1O[C@@H](n2cnc(C(=O)NCc3ccc(Cl)cc3)c2)[C@H](O)[C@@H]1O. The Hall–Kier alpha value is -1.68. The lowest BCUT2D eigenvalue weighted by molar-refractivity contribution is -0.0344. The summed E-state index contributed by atoms with van der Waals surface area (Å²) < 4.78 is 6.95. The zero-order chi connectivity index (χ0) is 18.0. The molecule has 0 spiro atoms. The molecule has 1 aliphatic heterocycles. The number of carbonyl (C=O) groups excluding carboxylic acids is 1. The minimum atomic E-state index is -1.15. The van der Waals surface area contributed by atoms with E-state index in [0.717, 1.165) is 5.56 Å². The number of nitrogens with one attached hydrogen (secondary N) is 1. The second kappa shape index (κ2) is 8.81. The largest absolute Gasteiger partial charge is 0.387 e. The molecule has 0 saturated carbocycles. The lowest BCUT2D eigenvalue weighted by Gasteiger charge is -2.15. The van der Waals surface area contributed by atoms with E-state index >= 15 is 0 Å². The molecule has 0 aliphatic carbocycles. The Morgan fingerprint density at radius 2 is 2.00 bits per heavy atom. The van der Waals surface area contributed by atoms with Crippen molar-refractivity contribution < 1.29 is 19.7 Å². The van der Waals surface area contributed by atoms with Crippen LogP contribution in [0.5, 0.6) is 0 Å². The van der Waals surface area contributed by atoms with Crippen molar-refractivity contribution in [3.8, 4) is 0 Å². The van der Waals surface area contributed by atoms with Gasteiger partial charge in [-0.1, -0.05) is 23.7 Å². The van der Waals surface area contributed by atoms with Gasteiger partial charge in [-0.2, -0.15) is 0 Å². The fourth-order valence-electron chi connectivity index (χ4n) is 2.64. The second-order valence-corrected chi connectivity index (χ2v) is 6.23. The molecule has 3 rings (SSSR count). The monoisotopic (exact) mass is 402 g/mol. The maximum absolute atomic E-state index is 12.2. The zero-order valence-electron chi connectivity index (χ0n) is 13.7. The third-order valence-electron chi connectivity index (χ3n) is 4.06. The van der Waals surface area contributed by atoms with Crippen LogP contribution in [0.1, 0.15) is 22.3 Å². The van der Waals surface area contributed by atoms with Crippen LogP contribution in [0.4, 0.5) is 0 Å². The number of nitrogens with zero attached hydrogens (tertiary/aromatic N) is 2. The van der Waals surface area contributed by atoms with Gasteiger partial charge in [0.2, 0.25) is 0 Å². The van der Waals surface area contributed by atoms with E-state index in [-0.39, 0.29) is 30.6 Å². The van der Waals surface area contributed by atoms with E-state index in [2.05, 4.69) is 10.3 Å². The van der Waals surface area contributed by atoms with Crippen molar-refractivity contribution >= 4 is 29.9 Å². The highest BCUT2D eigenvalue weighted by Crippen LogP contribution is 2.28. The number of hydrogen-bond acceptors (Lipinski definition) is 6. The van der Waals surface area contributed by atoms with Crippen LogP contribution in [0.2, 0.25) is 5.02 Å². The number of rotatable bonds is 5. The molecule has 2 aromatic rings. The molecule has 5 N–H and O–H groups in total. The standard InChI is InChI=1S/C16H19ClN4O4.ClH/c17-10-3-1-9(2-4-10)6-19-15(24)11-7-21(8-20-11)16-14(23)13(22)12(5-18)25-16;/h1-4,7-8,12-14,16,22-23H,5-6,18H2,(H,19,24);1H/t12-,13-,14-,16-;/m1./s1. The van der Waals surface area contributed by atoms with E-state index in [0.29, 0.717) is 11.6 Å². The Morgan fingerprint density at radius 3 is 2.62 bits per heavy atom. The Labute approximate surface area is 161 Å². The van der Waals surface area contributed by atoms with Gasteiger partial charge in [0.05, 0.1) is 6.33 Å². The van der Waals surface area contributed by atoms with Crippen LogP contribution in [-0.2, 0) is 11.3 Å². The summed E-state index contributed by atoms with van der Waals surface area (Å²) in [6, 6.07) is 7.13. The molecule has 26 heavy (non-hydrogen) atoms. The van der Waals surface area contributed by atoms with Gasteiger partial charge < -0.3 is 30.6 Å². The summed E-state index contributed by atoms with van der Waals surface area (Å²) in [5.74, 6) is -0.364. The van der Waals surface area contributed by atoms with Crippen LogP contribution in [0.15, 0.2) is 36.8 Å². The van der Waals surface area contributed by atoms with E-state index in [1.807, 2.05) is 12.1 Å². The van der Waals surface area contributed by atoms with Crippen molar-refractivity contribution in [2.45, 2.75) is 31.1 Å². The number of aromatic nitrogens is 2. The van der Waals surface area contributed by atoms with Crippen LogP contribution >= 0.6 is 24.0 Å². The topological polar surface area (TPSA) is 123 Å². The van der Waals surface area contributed by atoms with Crippen LogP contribution in [0, 0.1) is 0 Å². The highest BCUT2D eigenvalue weighted by atomic mass is 35.5. The molecule has 1 aliphatic rings. The minimum absolute atomic E-state index is 0. The molecule has 1 aromatic carbocycles. The number of benzene rings is 1. The first-order valence-corrected chi connectivity index (χ1v) is 8.15. The smallest absolute Gasteiger partial charge is 0.271 e. The number of carbonyl (C=O) groups is 1. The van der Waals surface area contributed by atoms with Crippen molar-refractivity contribution in [1.29, 1.82) is 0 Å². The van der Waals surface area contributed by atoms with E-state index in [1.54, 1.807) is 12.1 Å². The third kappa shape index (κ3) is 4.35. The van der Waals surface area contributed by atoms with Gasteiger partial charge in [0, 0.05) is 24.3 Å². The van der Waals surface area contributed by atoms with Crippen molar-refractivity contribution in [2.75, 3.05) is 6.54 Å². The molecule has 1 aromatic heterocycles. The van der Waals surface area contributed by atoms with Crippen molar-refractivity contribution in [3.63, 3.8) is 0 Å². The number of aliphatic hydroxyl groups excluding tert-OH is 2. The molecule has 0 bridgehead atoms. The molecule has 1 amide bonds. The summed E-state index contributed by atoms with van der Waals surface area (Å²) >= 11 is 5.82. The average Bonchev–Trinajstić information content (AvgIpc) is 3.20. The van der Waals surface area contributed by atoms with Crippen LogP contribution < -0.4 is 11.1 Å². The molecule has 4 atom stereocenters. The van der Waals surface area contributed by atoms with Gasteiger partial charge in [-0.05, 0) is 17.7 Å². The van der Waals surface area contributed by atoms with E-state index in [1.165, 1.54) is 17.1 Å². The summed E-state index contributed by atoms with van der Waals surface area (Å²) in [7, 11) is 0. The van der Waals surface area contributed by atoms with Gasteiger partial charge >= 0.3 is 0 Å². The van der Waals surface area contributed by atoms with Crippen LogP contribution in [0.3, 0.4) is 0 Å². The Bertz CT molecular complexity index is 740. The molecule has 0 unspecified atom stereocenters. The predicted molar refractivity (Wildman–Crippen MR) is 97.1 cm³/mol. The molecular weight excluding hydrogens is 383 g/mol. The van der Waals surface area contributed by atoms with Gasteiger partial charge in [-0.15, -0.1) is 12.4 Å². The van der Waals surface area contributed by atoms with Gasteiger partial charge in [0.1, 0.15) is 24.0 Å². The lowest BCUT2D eigenvalue weighted by Crippen LogP contribution is -2.35. The summed E-state index contributed by atoms with van der Waals surface area (Å²) in [5, 5.41) is 23.3. The number of imidazole rings is 1. The molecule has 1 fully saturated rings. The van der Waals surface area contributed by atoms with E-state index < -0.39 is 24.5 Å². The van der Waals surface area contributed by atoms with Gasteiger partial charge in [-0.3, -0.25) is 4.79 Å². The quantitative estimate of drug-likeness (QED) is 0.576. The number of nitrogens with two attached hydrogens (primary N) is 1. The maximum Gasteiger partial charge on any atom is 0.271 e. The van der Waals surface area contributed by atoms with Crippen molar-refractivity contribution in [1.82, 2.24) is 14.9 Å². The lowest BCUT2D eigenvalue weighted by atomic mass is 10.1. The van der Waals surface area contributed by atoms with Crippen LogP contribution in [-0.4, -0.2) is 50.5 Å². The predicted octanol–water partition coefficient (Wildman–Crippen LogP) is 0.466. The molecule has 8 nitrogen and oxygen atoms in total. The molecule has 0 radical (unpaired) electrons. The zero-order valence-corrected chi connectivity index (χ0v) is 15.2. The van der Waals surface area contributed by atoms with E-state index in [4.69, 9.17) is 22.1 Å². The summed E-state index contributed by atoms with van der Waals surface area (Å²) in [6.45, 7) is 0.414. The number of halogens is 2. The molecule has 1 saturated heterocycles. The number of ether oxygens (including phenoxy) is 1. The number of amides is 1. The normalized spacial score (nSPS) is 24.9. The third-order valence-corrected chi connectivity index (χ3v) is 4.32. The minimum Gasteiger partial charge on any atom is -0.387 e. The highest BCUT2D eigenvalue weighted by molar-refractivity contribution is 6.30. The number of aliphatic hydroxyl groups is 2. The van der Waals surface area contributed by atoms with Gasteiger partial charge in [-0.25, -0.2) is 4.98 Å². The summed E-state index contributed by atoms with van der Waals surface area (Å²) in [5.41, 5.74) is 6.57. The van der Waals surface area contributed by atoms with Crippen molar-refractivity contribution in [3.05, 3.63) is 53.1 Å². The van der Waals surface area contributed by atoms with Crippen molar-refractivity contribution in [2.24, 2.45) is 5.73 Å². The average molecular weight is 403 g/mol. The maximum atomic E-state index is 12.2. The Morgan fingerprint density at radius 1 is 1.31 bits per heavy atom. The highest BCUT2D eigenvalue weighted by Gasteiger charge is 2.42. The van der Waals surface area contributed by atoms with E-state index in [9.17, 15) is 15.0 Å². The summed E-state index contributed by atoms with van der Waals surface area (Å²) in [4.78, 5) is 16.2. The molecule has 10 heteroatoms. The Balaban J connectivity index is 0.00000243. The second-order valence-electron chi connectivity index (χ2n) is 5.80. The first kappa shape index (κ1) is 20.6. The van der Waals surface area contributed by atoms with Gasteiger partial charge in [0.15, 0.2) is 6.23 Å².